The van der Waals surface area contributed by atoms with Gasteiger partial charge in [0, 0.05) is 0 Å². The van der Waals surface area contributed by atoms with Crippen molar-refractivity contribution in [3.8, 4) is 0 Å². The van der Waals surface area contributed by atoms with Crippen LogP contribution in [0.1, 0.15) is 66.5 Å². The molecule has 2 aromatic carbocycles. The number of hydrogen-bond acceptors (Lipinski definition) is 0. The number of halogens is 3. The monoisotopic (exact) mass is 568 g/mol. The maximum atomic E-state index is 2.59. The molecule has 2 aromatic rings. The van der Waals surface area contributed by atoms with Crippen LogP contribution >= 0.6 is 0 Å². The molecule has 184 valence electrons. The van der Waals surface area contributed by atoms with Gasteiger partial charge in [-0.1, -0.05) is 0 Å². The fraction of sp³-hybridized carbons (Fsp3) is 0.448. The second kappa shape index (κ2) is 13.3. The standard InChI is InChI=1S/C29H39Si.3ClH.Ti/c1-9-25-16-26(10-2)18-28(17-25)30(20-21(3)4,27-14-12-11-13-15-27)29(8)19-22(5)23(6)24(29)7;;;;/h11-18,21H,9-10,20H2,1-8H3;3*1H;/q;;;;+3/p-3. The van der Waals surface area contributed by atoms with E-state index in [9.17, 15) is 0 Å². The van der Waals surface area contributed by atoms with Crippen LogP contribution in [-0.4, -0.2) is 8.07 Å². The molecular formula is C29H39Cl3SiTi. The zero-order chi connectivity index (χ0) is 23.0. The summed E-state index contributed by atoms with van der Waals surface area (Å²) in [5.74, 6) is 0.640. The third-order valence-corrected chi connectivity index (χ3v) is 16.1. The molecule has 0 bridgehead atoms. The quantitative estimate of drug-likeness (QED) is 0.338. The Labute approximate surface area is 240 Å². The Kier molecular flexibility index (Phi) is 13.2. The van der Waals surface area contributed by atoms with Crippen LogP contribution in [0.5, 0.6) is 0 Å². The predicted octanol–water partition coefficient (Wildman–Crippen LogP) is -2.03. The molecule has 0 aromatic heterocycles. The molecule has 5 heteroatoms. The summed E-state index contributed by atoms with van der Waals surface area (Å²) in [5, 5.41) is 3.31. The van der Waals surface area contributed by atoms with E-state index in [0.717, 1.165) is 12.8 Å². The fourth-order valence-corrected chi connectivity index (χ4v) is 14.1. The van der Waals surface area contributed by atoms with Crippen LogP contribution in [0.3, 0.4) is 0 Å². The van der Waals surface area contributed by atoms with E-state index in [2.05, 4.69) is 124 Å². The van der Waals surface area contributed by atoms with Crippen molar-refractivity contribution in [1.29, 1.82) is 0 Å². The largest absolute Gasteiger partial charge is 1.00 e. The Bertz CT molecular complexity index is 981. The molecule has 0 spiro atoms. The van der Waals surface area contributed by atoms with Gasteiger partial charge in [-0.15, -0.1) is 0 Å². The summed E-state index contributed by atoms with van der Waals surface area (Å²) < 4.78 is 1.60. The summed E-state index contributed by atoms with van der Waals surface area (Å²) in [6.45, 7) is 19.1. The summed E-state index contributed by atoms with van der Waals surface area (Å²) >= 11 is 2.42. The smallest absolute Gasteiger partial charge is 1.00 e. The van der Waals surface area contributed by atoms with E-state index in [-0.39, 0.29) is 42.3 Å². The second-order valence-electron chi connectivity index (χ2n) is 9.99. The average molecular weight is 570 g/mol. The topological polar surface area (TPSA) is 0 Å². The predicted molar refractivity (Wildman–Crippen MR) is 136 cm³/mol. The SMILES string of the molecule is CCc1cc(CC)cc([Si](CC(C)C)(c2ccccc2)C2(C)C(C)=C(C)C(C)=[C]2[Ti+3])c1.[Cl-].[Cl-].[Cl-]. The third kappa shape index (κ3) is 5.51. The van der Waals surface area contributed by atoms with Crippen molar-refractivity contribution in [1.82, 2.24) is 0 Å². The van der Waals surface area contributed by atoms with Gasteiger partial charge in [-0.3, -0.25) is 0 Å². The van der Waals surface area contributed by atoms with E-state index in [1.54, 1.807) is 19.8 Å². The first-order chi connectivity index (χ1) is 14.6. The molecule has 0 amide bonds. The summed E-state index contributed by atoms with van der Waals surface area (Å²) in [4.78, 5) is 0. The summed E-state index contributed by atoms with van der Waals surface area (Å²) in [6, 6.07) is 20.4. The molecule has 0 saturated carbocycles. The first-order valence-electron chi connectivity index (χ1n) is 11.9. The number of aryl methyl sites for hydroxylation is 2. The fourth-order valence-electron chi connectivity index (χ4n) is 5.88. The van der Waals surface area contributed by atoms with Gasteiger partial charge >= 0.3 is 204 Å². The van der Waals surface area contributed by atoms with Gasteiger partial charge in [0.15, 0.2) is 0 Å². The van der Waals surface area contributed by atoms with Crippen LogP contribution < -0.4 is 47.6 Å². The average Bonchev–Trinajstić information content (AvgIpc) is 2.93. The van der Waals surface area contributed by atoms with E-state index < -0.39 is 8.07 Å². The van der Waals surface area contributed by atoms with E-state index in [1.807, 2.05) is 0 Å². The molecule has 2 atom stereocenters. The Morgan fingerprint density at radius 2 is 1.29 bits per heavy atom. The van der Waals surface area contributed by atoms with Crippen molar-refractivity contribution in [3.05, 3.63) is 80.3 Å². The Morgan fingerprint density at radius 1 is 0.794 bits per heavy atom. The van der Waals surface area contributed by atoms with Crippen LogP contribution in [0.25, 0.3) is 0 Å². The number of allylic oxidation sites excluding steroid dienone is 4. The first-order valence-corrected chi connectivity index (χ1v) is 14.9. The Balaban J connectivity index is 0.00000363. The van der Waals surface area contributed by atoms with E-state index >= 15 is 0 Å². The Hall–Kier alpha value is -0.279. The third-order valence-electron chi connectivity index (χ3n) is 7.95. The van der Waals surface area contributed by atoms with Crippen molar-refractivity contribution >= 4 is 18.4 Å². The number of hydrogen-bond donors (Lipinski definition) is 0. The summed E-state index contributed by atoms with van der Waals surface area (Å²) in [5.41, 5.74) is 7.60. The maximum Gasteiger partial charge on any atom is -1.00 e. The molecule has 0 radical (unpaired) electrons. The van der Waals surface area contributed by atoms with Crippen molar-refractivity contribution in [3.63, 3.8) is 0 Å². The molecule has 0 N–H and O–H groups in total. The van der Waals surface area contributed by atoms with Crippen LogP contribution in [0.15, 0.2) is 69.1 Å². The molecule has 3 rings (SSSR count). The molecule has 1 aliphatic rings. The first kappa shape index (κ1) is 33.7. The van der Waals surface area contributed by atoms with E-state index in [0.29, 0.717) is 5.92 Å². The number of rotatable bonds is 7. The van der Waals surface area contributed by atoms with Gasteiger partial charge in [-0.05, 0) is 0 Å². The summed E-state index contributed by atoms with van der Waals surface area (Å²) in [6.07, 6.45) is 2.19. The number of benzene rings is 2. The van der Waals surface area contributed by atoms with Gasteiger partial charge in [-0.25, -0.2) is 0 Å². The van der Waals surface area contributed by atoms with Crippen LogP contribution in [-0.2, 0) is 33.3 Å². The molecule has 2 unspecified atom stereocenters. The molecule has 1 aliphatic carbocycles. The van der Waals surface area contributed by atoms with Gasteiger partial charge < -0.3 is 37.2 Å². The zero-order valence-corrected chi connectivity index (χ0v) is 26.8. The van der Waals surface area contributed by atoms with E-state index in [1.165, 1.54) is 28.3 Å². The van der Waals surface area contributed by atoms with Crippen molar-refractivity contribution in [2.45, 2.75) is 79.3 Å². The minimum Gasteiger partial charge on any atom is -1.00 e. The zero-order valence-electron chi connectivity index (χ0n) is 22.0. The second-order valence-corrected chi connectivity index (χ2v) is 15.1. The minimum absolute atomic E-state index is 0. The molecule has 0 heterocycles. The van der Waals surface area contributed by atoms with Crippen molar-refractivity contribution < 1.29 is 57.7 Å². The van der Waals surface area contributed by atoms with Crippen LogP contribution in [0.2, 0.25) is 11.1 Å². The van der Waals surface area contributed by atoms with Gasteiger partial charge in [0.1, 0.15) is 0 Å². The molecule has 0 fully saturated rings. The van der Waals surface area contributed by atoms with Gasteiger partial charge in [-0.2, -0.15) is 0 Å². The van der Waals surface area contributed by atoms with Crippen molar-refractivity contribution in [2.24, 2.45) is 5.92 Å². The molecule has 0 saturated heterocycles. The van der Waals surface area contributed by atoms with Crippen molar-refractivity contribution in [2.75, 3.05) is 0 Å². The molecule has 34 heavy (non-hydrogen) atoms. The molecular weight excluding hydrogens is 531 g/mol. The Morgan fingerprint density at radius 3 is 1.68 bits per heavy atom. The minimum atomic E-state index is -2.22. The van der Waals surface area contributed by atoms with Gasteiger partial charge in [0.25, 0.3) is 0 Å². The maximum absolute atomic E-state index is 2.59. The van der Waals surface area contributed by atoms with Crippen LogP contribution in [0.4, 0.5) is 0 Å². The van der Waals surface area contributed by atoms with Crippen LogP contribution in [0, 0.1) is 5.92 Å². The molecule has 0 aliphatic heterocycles. The van der Waals surface area contributed by atoms with Gasteiger partial charge in [0.2, 0.25) is 0 Å². The molecule has 0 nitrogen and oxygen atoms in total. The normalized spacial score (nSPS) is 19.4. The van der Waals surface area contributed by atoms with E-state index in [4.69, 9.17) is 0 Å². The summed E-state index contributed by atoms with van der Waals surface area (Å²) in [7, 11) is -2.22. The van der Waals surface area contributed by atoms with Gasteiger partial charge in [0.05, 0.1) is 0 Å².